The van der Waals surface area contributed by atoms with Gasteiger partial charge in [0, 0.05) is 4.47 Å². The van der Waals surface area contributed by atoms with Gasteiger partial charge in [-0.1, -0.05) is 15.9 Å². The Hall–Kier alpha value is -2.28. The Labute approximate surface area is 142 Å². The molecule has 1 aromatic carbocycles. The van der Waals surface area contributed by atoms with Gasteiger partial charge in [-0.25, -0.2) is 0 Å². The van der Waals surface area contributed by atoms with Crippen LogP contribution in [0.15, 0.2) is 51.6 Å². The van der Waals surface area contributed by atoms with Crippen molar-refractivity contribution < 1.29 is 18.7 Å². The molecule has 0 unspecified atom stereocenters. The number of furan rings is 1. The normalized spacial score (nSPS) is 11.6. The van der Waals surface area contributed by atoms with Crippen LogP contribution in [-0.2, 0) is 16.1 Å². The Morgan fingerprint density at radius 2 is 1.96 bits per heavy atom. The first-order valence-electron chi connectivity index (χ1n) is 7.03. The van der Waals surface area contributed by atoms with Crippen LogP contribution in [0, 0.1) is 0 Å². The highest BCUT2D eigenvalue weighted by Gasteiger charge is 2.15. The summed E-state index contributed by atoms with van der Waals surface area (Å²) in [5, 5.41) is 5.17. The number of carbonyl (C=O) groups excluding carboxylic acids is 2. The number of halogens is 1. The van der Waals surface area contributed by atoms with E-state index in [4.69, 9.17) is 9.15 Å². The number of benzene rings is 1. The molecule has 7 heteroatoms. The van der Waals surface area contributed by atoms with Crippen LogP contribution in [0.1, 0.15) is 12.7 Å². The molecular weight excluding hydrogens is 364 g/mol. The van der Waals surface area contributed by atoms with E-state index < -0.39 is 6.10 Å². The lowest BCUT2D eigenvalue weighted by atomic mass is 10.3. The van der Waals surface area contributed by atoms with Crippen molar-refractivity contribution in [2.75, 3.05) is 6.54 Å². The Balaban J connectivity index is 1.70. The second kappa shape index (κ2) is 8.38. The van der Waals surface area contributed by atoms with Crippen LogP contribution in [0.5, 0.6) is 5.75 Å². The van der Waals surface area contributed by atoms with Gasteiger partial charge in [-0.2, -0.15) is 0 Å². The number of hydrogen-bond donors (Lipinski definition) is 2. The van der Waals surface area contributed by atoms with E-state index in [9.17, 15) is 9.59 Å². The summed E-state index contributed by atoms with van der Waals surface area (Å²) in [5.41, 5.74) is 0. The summed E-state index contributed by atoms with van der Waals surface area (Å²) in [7, 11) is 0. The van der Waals surface area contributed by atoms with Gasteiger partial charge in [0.25, 0.3) is 5.91 Å². The van der Waals surface area contributed by atoms with Gasteiger partial charge in [0.05, 0.1) is 19.4 Å². The molecule has 2 aromatic rings. The lowest BCUT2D eigenvalue weighted by molar-refractivity contribution is -0.130. The number of nitrogens with one attached hydrogen (secondary N) is 2. The van der Waals surface area contributed by atoms with Crippen LogP contribution in [0.4, 0.5) is 0 Å². The Bertz CT molecular complexity index is 641. The van der Waals surface area contributed by atoms with Crippen molar-refractivity contribution >= 4 is 27.7 Å². The summed E-state index contributed by atoms with van der Waals surface area (Å²) < 4.78 is 11.5. The van der Waals surface area contributed by atoms with E-state index in [0.29, 0.717) is 11.5 Å². The molecule has 0 bridgehead atoms. The van der Waals surface area contributed by atoms with Crippen LogP contribution in [0.25, 0.3) is 0 Å². The fourth-order valence-electron chi connectivity index (χ4n) is 1.74. The summed E-state index contributed by atoms with van der Waals surface area (Å²) in [6.07, 6.45) is 0.832. The molecule has 0 spiro atoms. The smallest absolute Gasteiger partial charge is 0.261 e. The van der Waals surface area contributed by atoms with Crippen molar-refractivity contribution in [2.45, 2.75) is 19.6 Å². The van der Waals surface area contributed by atoms with Gasteiger partial charge >= 0.3 is 0 Å². The van der Waals surface area contributed by atoms with E-state index in [-0.39, 0.29) is 24.9 Å². The zero-order chi connectivity index (χ0) is 16.7. The van der Waals surface area contributed by atoms with E-state index in [2.05, 4.69) is 26.6 Å². The van der Waals surface area contributed by atoms with E-state index in [0.717, 1.165) is 4.47 Å². The summed E-state index contributed by atoms with van der Waals surface area (Å²) in [6, 6.07) is 10.6. The minimum Gasteiger partial charge on any atom is -0.481 e. The van der Waals surface area contributed by atoms with Gasteiger partial charge < -0.3 is 19.8 Å². The molecule has 0 radical (unpaired) electrons. The standard InChI is InChI=1S/C16H17BrN2O4/c1-11(23-13-6-4-12(17)5-7-13)16(21)19-10-15(20)18-9-14-3-2-8-22-14/h2-8,11H,9-10H2,1H3,(H,18,20)(H,19,21)/t11-/m1/s1. The predicted octanol–water partition coefficient (Wildman–Crippen LogP) is 2.24. The lowest BCUT2D eigenvalue weighted by Gasteiger charge is -2.14. The predicted molar refractivity (Wildman–Crippen MR) is 87.8 cm³/mol. The minimum absolute atomic E-state index is 0.117. The highest BCUT2D eigenvalue weighted by molar-refractivity contribution is 9.10. The molecule has 122 valence electrons. The van der Waals surface area contributed by atoms with Gasteiger partial charge in [-0.3, -0.25) is 9.59 Å². The molecule has 0 aliphatic carbocycles. The molecule has 1 aromatic heterocycles. The fraction of sp³-hybridized carbons (Fsp3) is 0.250. The third kappa shape index (κ3) is 5.78. The van der Waals surface area contributed by atoms with E-state index in [1.807, 2.05) is 12.1 Å². The third-order valence-electron chi connectivity index (χ3n) is 2.96. The molecule has 2 amide bonds. The molecule has 6 nitrogen and oxygen atoms in total. The van der Waals surface area contributed by atoms with Gasteiger partial charge in [0.2, 0.25) is 5.91 Å². The topological polar surface area (TPSA) is 80.6 Å². The fourth-order valence-corrected chi connectivity index (χ4v) is 2.01. The molecular formula is C16H17BrN2O4. The molecule has 0 saturated carbocycles. The van der Waals surface area contributed by atoms with Gasteiger partial charge in [0.1, 0.15) is 11.5 Å². The van der Waals surface area contributed by atoms with Crippen LogP contribution in [-0.4, -0.2) is 24.5 Å². The summed E-state index contributed by atoms with van der Waals surface area (Å²) in [6.45, 7) is 1.79. The first kappa shape index (κ1) is 17.1. The molecule has 0 aliphatic heterocycles. The van der Waals surface area contributed by atoms with Crippen molar-refractivity contribution in [3.63, 3.8) is 0 Å². The average Bonchev–Trinajstić information content (AvgIpc) is 3.06. The average molecular weight is 381 g/mol. The van der Waals surface area contributed by atoms with Crippen molar-refractivity contribution in [2.24, 2.45) is 0 Å². The maximum absolute atomic E-state index is 11.9. The molecule has 0 aliphatic rings. The summed E-state index contributed by atoms with van der Waals surface area (Å²) in [4.78, 5) is 23.6. The summed E-state index contributed by atoms with van der Waals surface area (Å²) in [5.74, 6) is 0.571. The highest BCUT2D eigenvalue weighted by atomic mass is 79.9. The molecule has 2 N–H and O–H groups in total. The lowest BCUT2D eigenvalue weighted by Crippen LogP contribution is -2.42. The van der Waals surface area contributed by atoms with Crippen molar-refractivity contribution in [1.29, 1.82) is 0 Å². The number of carbonyl (C=O) groups is 2. The van der Waals surface area contributed by atoms with Gasteiger partial charge in [-0.05, 0) is 43.3 Å². The SMILES string of the molecule is C[C@@H](Oc1ccc(Br)cc1)C(=O)NCC(=O)NCc1ccco1. The minimum atomic E-state index is -0.700. The number of ether oxygens (including phenoxy) is 1. The number of rotatable bonds is 7. The van der Waals surface area contributed by atoms with Crippen molar-refractivity contribution in [3.05, 3.63) is 52.9 Å². The number of amides is 2. The van der Waals surface area contributed by atoms with E-state index >= 15 is 0 Å². The zero-order valence-corrected chi connectivity index (χ0v) is 14.1. The maximum atomic E-state index is 11.9. The van der Waals surface area contributed by atoms with Gasteiger partial charge in [0.15, 0.2) is 6.10 Å². The van der Waals surface area contributed by atoms with E-state index in [1.54, 1.807) is 31.2 Å². The first-order chi connectivity index (χ1) is 11.0. The van der Waals surface area contributed by atoms with Gasteiger partial charge in [-0.15, -0.1) is 0 Å². The Kier molecular flexibility index (Phi) is 6.22. The third-order valence-corrected chi connectivity index (χ3v) is 3.49. The van der Waals surface area contributed by atoms with Crippen molar-refractivity contribution in [3.8, 4) is 5.75 Å². The van der Waals surface area contributed by atoms with Crippen LogP contribution in [0.3, 0.4) is 0 Å². The second-order valence-electron chi connectivity index (χ2n) is 4.79. The maximum Gasteiger partial charge on any atom is 0.261 e. The van der Waals surface area contributed by atoms with Crippen LogP contribution >= 0.6 is 15.9 Å². The molecule has 2 rings (SSSR count). The first-order valence-corrected chi connectivity index (χ1v) is 7.83. The molecule has 23 heavy (non-hydrogen) atoms. The molecule has 0 saturated heterocycles. The Morgan fingerprint density at radius 3 is 2.61 bits per heavy atom. The molecule has 1 heterocycles. The van der Waals surface area contributed by atoms with Crippen molar-refractivity contribution in [1.82, 2.24) is 10.6 Å². The van der Waals surface area contributed by atoms with Crippen LogP contribution in [0.2, 0.25) is 0 Å². The second-order valence-corrected chi connectivity index (χ2v) is 5.70. The largest absolute Gasteiger partial charge is 0.481 e. The zero-order valence-electron chi connectivity index (χ0n) is 12.5. The number of hydrogen-bond acceptors (Lipinski definition) is 4. The molecule has 0 fully saturated rings. The quantitative estimate of drug-likeness (QED) is 0.771. The van der Waals surface area contributed by atoms with Crippen LogP contribution < -0.4 is 15.4 Å². The van der Waals surface area contributed by atoms with E-state index in [1.165, 1.54) is 6.26 Å². The monoisotopic (exact) mass is 380 g/mol. The summed E-state index contributed by atoms with van der Waals surface area (Å²) >= 11 is 3.32. The molecule has 1 atom stereocenters. The highest BCUT2D eigenvalue weighted by Crippen LogP contribution is 2.17. The Morgan fingerprint density at radius 1 is 1.22 bits per heavy atom.